The molecular formula is C22H20N2O4S. The molecule has 2 aromatic carbocycles. The third kappa shape index (κ3) is 4.98. The van der Waals surface area contributed by atoms with Gasteiger partial charge in [-0.2, -0.15) is 5.26 Å². The van der Waals surface area contributed by atoms with Crippen LogP contribution < -0.4 is 9.64 Å². The highest BCUT2D eigenvalue weighted by Crippen LogP contribution is 2.46. The zero-order chi connectivity index (χ0) is 20.8. The van der Waals surface area contributed by atoms with Crippen molar-refractivity contribution in [2.75, 3.05) is 25.2 Å². The second kappa shape index (κ2) is 9.30. The fourth-order valence-corrected chi connectivity index (χ4v) is 3.96. The number of fused-ring (bicyclic) bond motifs is 1. The zero-order valence-corrected chi connectivity index (χ0v) is 17.0. The van der Waals surface area contributed by atoms with Crippen molar-refractivity contribution in [1.82, 2.24) is 0 Å². The van der Waals surface area contributed by atoms with Crippen LogP contribution in [0.5, 0.6) is 5.75 Å². The van der Waals surface area contributed by atoms with Crippen molar-refractivity contribution in [3.8, 4) is 11.8 Å². The molecule has 0 amide bonds. The molecule has 0 saturated carbocycles. The van der Waals surface area contributed by atoms with Crippen LogP contribution in [0.3, 0.4) is 0 Å². The van der Waals surface area contributed by atoms with Crippen LogP contribution in [0.2, 0.25) is 0 Å². The van der Waals surface area contributed by atoms with Crippen LogP contribution in [0.1, 0.15) is 12.0 Å². The summed E-state index contributed by atoms with van der Waals surface area (Å²) in [4.78, 5) is 27.1. The minimum atomic E-state index is -0.552. The molecule has 1 aliphatic heterocycles. The maximum atomic E-state index is 12.5. The quantitative estimate of drug-likeness (QED) is 0.391. The van der Waals surface area contributed by atoms with E-state index in [0.717, 1.165) is 16.1 Å². The van der Waals surface area contributed by atoms with Gasteiger partial charge >= 0.3 is 5.97 Å². The Morgan fingerprint density at radius 3 is 2.69 bits per heavy atom. The molecule has 0 bridgehead atoms. The van der Waals surface area contributed by atoms with E-state index in [1.54, 1.807) is 18.0 Å². The van der Waals surface area contributed by atoms with E-state index < -0.39 is 18.4 Å². The molecule has 0 saturated heterocycles. The van der Waals surface area contributed by atoms with E-state index in [9.17, 15) is 14.9 Å². The van der Waals surface area contributed by atoms with E-state index in [2.05, 4.69) is 0 Å². The molecule has 0 aromatic heterocycles. The van der Waals surface area contributed by atoms with Gasteiger partial charge in [0.2, 0.25) is 5.78 Å². The molecule has 0 fully saturated rings. The average molecular weight is 408 g/mol. The van der Waals surface area contributed by atoms with Gasteiger partial charge in [0.25, 0.3) is 0 Å². The summed E-state index contributed by atoms with van der Waals surface area (Å²) in [5, 5.41) is 10.0. The highest BCUT2D eigenvalue weighted by atomic mass is 32.2. The molecular weight excluding hydrogens is 388 g/mol. The number of nitriles is 1. The van der Waals surface area contributed by atoms with E-state index in [-0.39, 0.29) is 18.6 Å². The van der Waals surface area contributed by atoms with Crippen LogP contribution in [-0.4, -0.2) is 32.0 Å². The van der Waals surface area contributed by atoms with Crippen molar-refractivity contribution >= 4 is 29.2 Å². The Labute approximate surface area is 173 Å². The van der Waals surface area contributed by atoms with Crippen molar-refractivity contribution < 1.29 is 19.1 Å². The fourth-order valence-electron chi connectivity index (χ4n) is 2.80. The molecule has 1 heterocycles. The van der Waals surface area contributed by atoms with Gasteiger partial charge in [-0.25, -0.2) is 0 Å². The third-order valence-corrected chi connectivity index (χ3v) is 5.51. The first-order valence-electron chi connectivity index (χ1n) is 9.03. The van der Waals surface area contributed by atoms with Crippen LogP contribution in [0.4, 0.5) is 5.69 Å². The lowest BCUT2D eigenvalue weighted by Gasteiger charge is -2.14. The van der Waals surface area contributed by atoms with Crippen molar-refractivity contribution in [3.63, 3.8) is 0 Å². The summed E-state index contributed by atoms with van der Waals surface area (Å²) in [5.41, 5.74) is 1.97. The first-order valence-corrected chi connectivity index (χ1v) is 9.84. The van der Waals surface area contributed by atoms with Crippen molar-refractivity contribution in [2.24, 2.45) is 0 Å². The maximum absolute atomic E-state index is 12.5. The van der Waals surface area contributed by atoms with Crippen molar-refractivity contribution in [2.45, 2.75) is 18.2 Å². The van der Waals surface area contributed by atoms with Gasteiger partial charge in [-0.1, -0.05) is 36.0 Å². The monoisotopic (exact) mass is 408 g/mol. The van der Waals surface area contributed by atoms with Gasteiger partial charge < -0.3 is 14.4 Å². The molecule has 0 N–H and O–H groups in total. The first kappa shape index (κ1) is 20.5. The molecule has 1 aliphatic rings. The second-order valence-corrected chi connectivity index (χ2v) is 7.45. The topological polar surface area (TPSA) is 79.6 Å². The molecule has 0 atom stereocenters. The number of para-hydroxylation sites is 1. The molecule has 7 heteroatoms. The van der Waals surface area contributed by atoms with Gasteiger partial charge in [-0.05, 0) is 36.8 Å². The number of benzene rings is 2. The van der Waals surface area contributed by atoms with E-state index >= 15 is 0 Å². The SMILES string of the molecule is Cc1cccc(OCCC(=O)OCC(=O)/C(C#N)=C2\Sc3ccccc3N2C)c1. The molecule has 0 radical (unpaired) electrons. The molecule has 29 heavy (non-hydrogen) atoms. The van der Waals surface area contributed by atoms with E-state index in [4.69, 9.17) is 9.47 Å². The van der Waals surface area contributed by atoms with Gasteiger partial charge in [-0.3, -0.25) is 9.59 Å². The number of aryl methyl sites for hydroxylation is 1. The number of hydrogen-bond acceptors (Lipinski definition) is 7. The van der Waals surface area contributed by atoms with E-state index in [1.165, 1.54) is 11.8 Å². The minimum absolute atomic E-state index is 0.0137. The van der Waals surface area contributed by atoms with Crippen LogP contribution in [0, 0.1) is 18.3 Å². The normalized spacial score (nSPS) is 14.0. The summed E-state index contributed by atoms with van der Waals surface area (Å²) < 4.78 is 10.5. The highest BCUT2D eigenvalue weighted by molar-refractivity contribution is 8.03. The zero-order valence-electron chi connectivity index (χ0n) is 16.2. The Morgan fingerprint density at radius 2 is 1.97 bits per heavy atom. The Balaban J connectivity index is 1.53. The lowest BCUT2D eigenvalue weighted by Crippen LogP contribution is -2.20. The van der Waals surface area contributed by atoms with Gasteiger partial charge in [-0.15, -0.1) is 0 Å². The van der Waals surface area contributed by atoms with Crippen LogP contribution in [0.25, 0.3) is 0 Å². The highest BCUT2D eigenvalue weighted by Gasteiger charge is 2.28. The number of carbonyl (C=O) groups excluding carboxylic acids is 2. The van der Waals surface area contributed by atoms with Crippen LogP contribution >= 0.6 is 11.8 Å². The summed E-state index contributed by atoms with van der Waals surface area (Å²) in [7, 11) is 1.80. The van der Waals surface area contributed by atoms with Crippen molar-refractivity contribution in [1.29, 1.82) is 5.26 Å². The predicted octanol–water partition coefficient (Wildman–Crippen LogP) is 3.85. The molecule has 3 rings (SSSR count). The summed E-state index contributed by atoms with van der Waals surface area (Å²) in [6.07, 6.45) is 0.0137. The van der Waals surface area contributed by atoms with Gasteiger partial charge in [0, 0.05) is 11.9 Å². The lowest BCUT2D eigenvalue weighted by atomic mass is 10.2. The second-order valence-electron chi connectivity index (χ2n) is 6.42. The smallest absolute Gasteiger partial charge is 0.309 e. The van der Waals surface area contributed by atoms with Gasteiger partial charge in [0.05, 0.1) is 18.7 Å². The number of thioether (sulfide) groups is 1. The number of ketones is 1. The Hall–Kier alpha value is -3.24. The Bertz CT molecular complexity index is 1010. The number of nitrogens with zero attached hydrogens (tertiary/aromatic N) is 2. The summed E-state index contributed by atoms with van der Waals surface area (Å²) >= 11 is 1.35. The largest absolute Gasteiger partial charge is 0.493 e. The average Bonchev–Trinajstić information content (AvgIpc) is 3.04. The van der Waals surface area contributed by atoms with E-state index in [0.29, 0.717) is 10.8 Å². The first-order chi connectivity index (χ1) is 14.0. The number of rotatable bonds is 7. The number of hydrogen-bond donors (Lipinski definition) is 0. The summed E-state index contributed by atoms with van der Waals surface area (Å²) in [6, 6.07) is 17.1. The number of Topliss-reactive ketones (excluding diaryl/α,β-unsaturated/α-hetero) is 1. The van der Waals surface area contributed by atoms with Gasteiger partial charge in [0.1, 0.15) is 22.4 Å². The minimum Gasteiger partial charge on any atom is -0.493 e. The standard InChI is InChI=1S/C22H20N2O4S/c1-15-6-5-7-16(12-15)27-11-10-21(26)28-14-19(25)17(13-23)22-24(2)18-8-3-4-9-20(18)29-22/h3-9,12H,10-11,14H2,1-2H3/b22-17-. The lowest BCUT2D eigenvalue weighted by molar-refractivity contribution is -0.147. The number of ether oxygens (including phenoxy) is 2. The number of esters is 1. The molecule has 0 unspecified atom stereocenters. The van der Waals surface area contributed by atoms with Crippen LogP contribution in [-0.2, 0) is 14.3 Å². The Morgan fingerprint density at radius 1 is 1.17 bits per heavy atom. The van der Waals surface area contributed by atoms with Crippen molar-refractivity contribution in [3.05, 3.63) is 64.7 Å². The Kier molecular flexibility index (Phi) is 6.57. The van der Waals surface area contributed by atoms with Gasteiger partial charge in [0.15, 0.2) is 6.61 Å². The third-order valence-electron chi connectivity index (χ3n) is 4.27. The molecule has 6 nitrogen and oxygen atoms in total. The number of anilines is 1. The van der Waals surface area contributed by atoms with E-state index in [1.807, 2.05) is 55.5 Å². The maximum Gasteiger partial charge on any atom is 0.309 e. The molecule has 0 spiro atoms. The fraction of sp³-hybridized carbons (Fsp3) is 0.227. The molecule has 0 aliphatic carbocycles. The molecule has 2 aromatic rings. The molecule has 148 valence electrons. The number of carbonyl (C=O) groups is 2. The summed E-state index contributed by atoms with van der Waals surface area (Å²) in [5.74, 6) is -0.405. The predicted molar refractivity (Wildman–Crippen MR) is 111 cm³/mol. The summed E-state index contributed by atoms with van der Waals surface area (Å²) in [6.45, 7) is 1.63. The van der Waals surface area contributed by atoms with Crippen LogP contribution in [0.15, 0.2) is 64.0 Å².